The Hall–Kier alpha value is -1.96. The number of carbonyl (C=O) groups is 2. The SMILES string of the molecule is COCCCNC(=O)CN(C)C(C)C(=O)NC1CCN(Cc2ccccc2)CC1. The van der Waals surface area contributed by atoms with E-state index in [1.165, 1.54) is 5.56 Å². The molecular formula is C22H36N4O3. The van der Waals surface area contributed by atoms with Crippen LogP contribution in [-0.4, -0.2) is 80.6 Å². The molecule has 1 aliphatic rings. The first-order valence-electron chi connectivity index (χ1n) is 10.5. The standard InChI is InChI=1S/C22H36N4O3/c1-18(25(2)17-21(27)23-12-7-15-29-3)22(28)24-20-10-13-26(14-11-20)16-19-8-5-4-6-9-19/h4-6,8-9,18,20H,7,10-17H2,1-3H3,(H,23,27)(H,24,28). The van der Waals surface area contributed by atoms with E-state index in [1.807, 2.05) is 13.0 Å². The highest BCUT2D eigenvalue weighted by molar-refractivity contribution is 5.83. The summed E-state index contributed by atoms with van der Waals surface area (Å²) in [4.78, 5) is 28.8. The maximum absolute atomic E-state index is 12.6. The number of piperidine rings is 1. The zero-order valence-corrected chi connectivity index (χ0v) is 18.0. The molecule has 7 heteroatoms. The predicted molar refractivity (Wildman–Crippen MR) is 114 cm³/mol. The fourth-order valence-electron chi connectivity index (χ4n) is 3.46. The summed E-state index contributed by atoms with van der Waals surface area (Å²) in [6, 6.07) is 10.3. The number of likely N-dealkylation sites (N-methyl/N-ethyl adjacent to an activating group) is 1. The number of rotatable bonds is 11. The molecule has 162 valence electrons. The van der Waals surface area contributed by atoms with Crippen molar-refractivity contribution in [2.75, 3.05) is 46.9 Å². The number of amides is 2. The number of nitrogens with one attached hydrogen (secondary N) is 2. The van der Waals surface area contributed by atoms with Crippen molar-refractivity contribution < 1.29 is 14.3 Å². The Morgan fingerprint density at radius 3 is 2.59 bits per heavy atom. The van der Waals surface area contributed by atoms with Crippen LogP contribution < -0.4 is 10.6 Å². The van der Waals surface area contributed by atoms with Gasteiger partial charge in [0.1, 0.15) is 0 Å². The van der Waals surface area contributed by atoms with Gasteiger partial charge in [0.15, 0.2) is 0 Å². The number of hydrogen-bond acceptors (Lipinski definition) is 5. The molecule has 2 N–H and O–H groups in total. The van der Waals surface area contributed by atoms with Crippen LogP contribution in [0.2, 0.25) is 0 Å². The van der Waals surface area contributed by atoms with E-state index in [2.05, 4.69) is 39.8 Å². The highest BCUT2D eigenvalue weighted by Gasteiger charge is 2.25. The van der Waals surface area contributed by atoms with Crippen LogP contribution >= 0.6 is 0 Å². The van der Waals surface area contributed by atoms with E-state index in [4.69, 9.17) is 4.74 Å². The molecule has 2 amide bonds. The van der Waals surface area contributed by atoms with E-state index in [1.54, 1.807) is 19.1 Å². The average Bonchev–Trinajstić information content (AvgIpc) is 2.72. The van der Waals surface area contributed by atoms with E-state index in [-0.39, 0.29) is 30.4 Å². The lowest BCUT2D eigenvalue weighted by Crippen LogP contribution is -2.51. The maximum Gasteiger partial charge on any atom is 0.237 e. The minimum Gasteiger partial charge on any atom is -0.385 e. The third-order valence-electron chi connectivity index (χ3n) is 5.46. The first-order valence-corrected chi connectivity index (χ1v) is 10.5. The van der Waals surface area contributed by atoms with Gasteiger partial charge in [0.25, 0.3) is 0 Å². The average molecular weight is 405 g/mol. The highest BCUT2D eigenvalue weighted by atomic mass is 16.5. The Labute approximate surface area is 174 Å². The molecule has 1 fully saturated rings. The minimum absolute atomic E-state index is 0.0128. The summed E-state index contributed by atoms with van der Waals surface area (Å²) in [6.07, 6.45) is 2.69. The Bertz CT molecular complexity index is 618. The van der Waals surface area contributed by atoms with Crippen LogP contribution in [0.1, 0.15) is 31.7 Å². The summed E-state index contributed by atoms with van der Waals surface area (Å²) < 4.78 is 4.97. The molecule has 2 rings (SSSR count). The Kier molecular flexibility index (Phi) is 10.1. The highest BCUT2D eigenvalue weighted by Crippen LogP contribution is 2.14. The number of hydrogen-bond donors (Lipinski definition) is 2. The molecule has 1 atom stereocenters. The summed E-state index contributed by atoms with van der Waals surface area (Å²) in [5.41, 5.74) is 1.32. The fraction of sp³-hybridized carbons (Fsp3) is 0.636. The Balaban J connectivity index is 1.66. The Morgan fingerprint density at radius 1 is 1.24 bits per heavy atom. The molecule has 1 saturated heterocycles. The number of methoxy groups -OCH3 is 1. The van der Waals surface area contributed by atoms with Gasteiger partial charge in [0.2, 0.25) is 11.8 Å². The van der Waals surface area contributed by atoms with Crippen LogP contribution in [0.5, 0.6) is 0 Å². The summed E-state index contributed by atoms with van der Waals surface area (Å²) in [5, 5.41) is 6.01. The lowest BCUT2D eigenvalue weighted by Gasteiger charge is -2.33. The predicted octanol–water partition coefficient (Wildman–Crippen LogP) is 1.24. The van der Waals surface area contributed by atoms with Gasteiger partial charge in [-0.05, 0) is 38.8 Å². The van der Waals surface area contributed by atoms with Crippen LogP contribution in [0.3, 0.4) is 0 Å². The van der Waals surface area contributed by atoms with Gasteiger partial charge in [0, 0.05) is 45.9 Å². The van der Waals surface area contributed by atoms with Gasteiger partial charge in [-0.1, -0.05) is 30.3 Å². The van der Waals surface area contributed by atoms with Crippen molar-refractivity contribution in [1.82, 2.24) is 20.4 Å². The van der Waals surface area contributed by atoms with E-state index in [9.17, 15) is 9.59 Å². The van der Waals surface area contributed by atoms with E-state index in [0.29, 0.717) is 13.2 Å². The zero-order chi connectivity index (χ0) is 21.1. The zero-order valence-electron chi connectivity index (χ0n) is 18.0. The molecule has 7 nitrogen and oxygen atoms in total. The van der Waals surface area contributed by atoms with Crippen LogP contribution in [0, 0.1) is 0 Å². The summed E-state index contributed by atoms with van der Waals surface area (Å²) in [7, 11) is 3.45. The van der Waals surface area contributed by atoms with Gasteiger partial charge in [-0.2, -0.15) is 0 Å². The van der Waals surface area contributed by atoms with Gasteiger partial charge in [-0.15, -0.1) is 0 Å². The Morgan fingerprint density at radius 2 is 1.93 bits per heavy atom. The minimum atomic E-state index is -0.345. The molecular weight excluding hydrogens is 368 g/mol. The molecule has 0 aromatic heterocycles. The third-order valence-corrected chi connectivity index (χ3v) is 5.46. The lowest BCUT2D eigenvalue weighted by molar-refractivity contribution is -0.128. The van der Waals surface area contributed by atoms with E-state index in [0.717, 1.165) is 38.9 Å². The van der Waals surface area contributed by atoms with Gasteiger partial charge in [-0.3, -0.25) is 19.4 Å². The van der Waals surface area contributed by atoms with Gasteiger partial charge in [0.05, 0.1) is 12.6 Å². The van der Waals surface area contributed by atoms with Crippen molar-refractivity contribution >= 4 is 11.8 Å². The summed E-state index contributed by atoms with van der Waals surface area (Å²) in [6.45, 7) is 6.18. The third kappa shape index (κ3) is 8.51. The van der Waals surface area contributed by atoms with Crippen molar-refractivity contribution in [3.8, 4) is 0 Å². The first kappa shape index (κ1) is 23.3. The van der Waals surface area contributed by atoms with Crippen molar-refractivity contribution in [3.63, 3.8) is 0 Å². The largest absolute Gasteiger partial charge is 0.385 e. The fourth-order valence-corrected chi connectivity index (χ4v) is 3.46. The van der Waals surface area contributed by atoms with Crippen LogP contribution in [0.25, 0.3) is 0 Å². The number of nitrogens with zero attached hydrogens (tertiary/aromatic N) is 2. The van der Waals surface area contributed by atoms with E-state index >= 15 is 0 Å². The second kappa shape index (κ2) is 12.6. The van der Waals surface area contributed by atoms with Gasteiger partial charge in [-0.25, -0.2) is 0 Å². The quantitative estimate of drug-likeness (QED) is 0.543. The monoisotopic (exact) mass is 404 g/mol. The normalized spacial score (nSPS) is 16.6. The molecule has 1 aliphatic heterocycles. The van der Waals surface area contributed by atoms with Gasteiger partial charge >= 0.3 is 0 Å². The first-order chi connectivity index (χ1) is 14.0. The molecule has 0 bridgehead atoms. The smallest absolute Gasteiger partial charge is 0.237 e. The molecule has 0 radical (unpaired) electrons. The molecule has 0 spiro atoms. The van der Waals surface area contributed by atoms with Crippen molar-refractivity contribution in [1.29, 1.82) is 0 Å². The summed E-state index contributed by atoms with van der Waals surface area (Å²) in [5.74, 6) is -0.0846. The molecule has 1 aromatic carbocycles. The van der Waals surface area contributed by atoms with Crippen LogP contribution in [0.4, 0.5) is 0 Å². The number of ether oxygens (including phenoxy) is 1. The van der Waals surface area contributed by atoms with Crippen molar-refractivity contribution in [2.45, 2.75) is 44.8 Å². The number of likely N-dealkylation sites (tertiary alicyclic amines) is 1. The second-order valence-corrected chi connectivity index (χ2v) is 7.83. The summed E-state index contributed by atoms with van der Waals surface area (Å²) >= 11 is 0. The topological polar surface area (TPSA) is 73.9 Å². The van der Waals surface area contributed by atoms with Gasteiger partial charge < -0.3 is 15.4 Å². The van der Waals surface area contributed by atoms with Crippen LogP contribution in [0.15, 0.2) is 30.3 Å². The molecule has 1 aromatic rings. The lowest BCUT2D eigenvalue weighted by atomic mass is 10.0. The molecule has 0 saturated carbocycles. The maximum atomic E-state index is 12.6. The molecule has 1 unspecified atom stereocenters. The number of carbonyl (C=O) groups excluding carboxylic acids is 2. The number of benzene rings is 1. The van der Waals surface area contributed by atoms with Crippen LogP contribution in [-0.2, 0) is 20.9 Å². The van der Waals surface area contributed by atoms with E-state index < -0.39 is 0 Å². The second-order valence-electron chi connectivity index (χ2n) is 7.83. The van der Waals surface area contributed by atoms with Crippen molar-refractivity contribution in [2.24, 2.45) is 0 Å². The molecule has 29 heavy (non-hydrogen) atoms. The van der Waals surface area contributed by atoms with Crippen molar-refractivity contribution in [3.05, 3.63) is 35.9 Å². The molecule has 1 heterocycles. The molecule has 0 aliphatic carbocycles.